The van der Waals surface area contributed by atoms with Gasteiger partial charge < -0.3 is 20.4 Å². The van der Waals surface area contributed by atoms with Crippen molar-refractivity contribution in [3.63, 3.8) is 0 Å². The van der Waals surface area contributed by atoms with Crippen LogP contribution in [0.15, 0.2) is 0 Å². The summed E-state index contributed by atoms with van der Waals surface area (Å²) in [6.45, 7) is 0. The van der Waals surface area contributed by atoms with Gasteiger partial charge in [-0.15, -0.1) is 0 Å². The molecule has 0 fully saturated rings. The maximum absolute atomic E-state index is 10.3. The Balaban J connectivity index is -0.000000720. The van der Waals surface area contributed by atoms with Gasteiger partial charge in [0.25, 0.3) is 0 Å². The van der Waals surface area contributed by atoms with Gasteiger partial charge in [0.2, 0.25) is 0 Å². The van der Waals surface area contributed by atoms with Gasteiger partial charge in [-0.05, 0) is 0 Å². The summed E-state index contributed by atoms with van der Waals surface area (Å²) in [7, 11) is 0. The smallest absolute Gasteiger partial charge is 0.336 e. The van der Waals surface area contributed by atoms with Gasteiger partial charge >= 0.3 is 17.9 Å². The minimum Gasteiger partial charge on any atom is -0.481 e. The third-order valence-electron chi connectivity index (χ3n) is 1.29. The molecule has 9 heteroatoms. The van der Waals surface area contributed by atoms with Gasteiger partial charge in [0.15, 0.2) is 5.60 Å². The van der Waals surface area contributed by atoms with E-state index in [-0.39, 0.29) is 55.8 Å². The zero-order valence-electron chi connectivity index (χ0n) is 7.93. The summed E-state index contributed by atoms with van der Waals surface area (Å²) in [4.78, 5) is 30.5. The van der Waals surface area contributed by atoms with Gasteiger partial charge in [-0.1, -0.05) is 0 Å². The van der Waals surface area contributed by atoms with Crippen LogP contribution < -0.4 is 0 Å². The second kappa shape index (κ2) is 8.41. The molecule has 0 saturated carbocycles. The molecular weight excluding hydrogens is 298 g/mol. The minimum atomic E-state index is -2.74. The standard InChI is InChI=1S/C6H8O7.Na.Zr/c7-3(8)1-6(13,5(11)12)2-4(9)10;;/h13H,1-2H2,(H,7,8)(H,9,10)(H,11,12);;. The topological polar surface area (TPSA) is 132 Å². The van der Waals surface area contributed by atoms with Crippen LogP contribution in [0.5, 0.6) is 0 Å². The molecule has 1 radical (unpaired) electrons. The van der Waals surface area contributed by atoms with E-state index in [0.717, 1.165) is 0 Å². The van der Waals surface area contributed by atoms with Crippen molar-refractivity contribution in [1.29, 1.82) is 0 Å². The van der Waals surface area contributed by atoms with Crippen LogP contribution in [0, 0.1) is 0 Å². The van der Waals surface area contributed by atoms with E-state index in [0.29, 0.717) is 0 Å². The summed E-state index contributed by atoms with van der Waals surface area (Å²) in [5.74, 6) is -5.02. The van der Waals surface area contributed by atoms with Crippen LogP contribution in [-0.4, -0.2) is 73.5 Å². The summed E-state index contributed by atoms with van der Waals surface area (Å²) in [6.07, 6.45) is -2.29. The zero-order valence-corrected chi connectivity index (χ0v) is 12.4. The predicted molar refractivity (Wildman–Crippen MR) is 42.8 cm³/mol. The normalized spacial score (nSPS) is 9.40. The summed E-state index contributed by atoms with van der Waals surface area (Å²) in [5.41, 5.74) is -2.74. The SMILES string of the molecule is O=C(O)CC(O)(CC(=O)O)C(=O)O.[Na].[Zr]. The fourth-order valence-electron chi connectivity index (χ4n) is 0.714. The fraction of sp³-hybridized carbons (Fsp3) is 0.500. The van der Waals surface area contributed by atoms with Gasteiger partial charge in [0.1, 0.15) is 0 Å². The minimum absolute atomic E-state index is 0. The average molecular weight is 306 g/mol. The van der Waals surface area contributed by atoms with Crippen molar-refractivity contribution < 1.29 is 61.0 Å². The molecule has 79 valence electrons. The Morgan fingerprint density at radius 1 is 0.933 bits per heavy atom. The molecule has 0 bridgehead atoms. The van der Waals surface area contributed by atoms with E-state index in [1.165, 1.54) is 0 Å². The third-order valence-corrected chi connectivity index (χ3v) is 1.29. The number of hydrogen-bond acceptors (Lipinski definition) is 4. The quantitative estimate of drug-likeness (QED) is 0.448. The van der Waals surface area contributed by atoms with Crippen LogP contribution in [0.3, 0.4) is 0 Å². The zero-order chi connectivity index (χ0) is 10.6. The van der Waals surface area contributed by atoms with Crippen LogP contribution in [0.25, 0.3) is 0 Å². The molecule has 15 heavy (non-hydrogen) atoms. The number of carboxylic acid groups (broad SMARTS) is 3. The molecule has 0 aliphatic carbocycles. The number of rotatable bonds is 5. The van der Waals surface area contributed by atoms with Crippen LogP contribution in [-0.2, 0) is 40.6 Å². The Labute approximate surface area is 126 Å². The largest absolute Gasteiger partial charge is 0.481 e. The molecule has 4 N–H and O–H groups in total. The molecule has 0 heterocycles. The van der Waals surface area contributed by atoms with Crippen LogP contribution >= 0.6 is 0 Å². The molecule has 0 atom stereocenters. The second-order valence-corrected chi connectivity index (χ2v) is 2.48. The van der Waals surface area contributed by atoms with Gasteiger partial charge in [-0.2, -0.15) is 0 Å². The Morgan fingerprint density at radius 3 is 1.33 bits per heavy atom. The Morgan fingerprint density at radius 2 is 1.20 bits per heavy atom. The van der Waals surface area contributed by atoms with E-state index in [4.69, 9.17) is 20.4 Å². The molecule has 0 rings (SSSR count). The molecule has 7 nitrogen and oxygen atoms in total. The first-order valence-corrected chi connectivity index (χ1v) is 3.17. The number of aliphatic hydroxyl groups is 1. The Bertz CT molecular complexity index is 238. The summed E-state index contributed by atoms with van der Waals surface area (Å²) < 4.78 is 0. The Hall–Kier alpha value is 0.253. The molecule has 0 aromatic heterocycles. The molecule has 0 spiro atoms. The first kappa shape index (κ1) is 20.6. The summed E-state index contributed by atoms with van der Waals surface area (Å²) in [5, 5.41) is 33.8. The van der Waals surface area contributed by atoms with Crippen LogP contribution in [0.1, 0.15) is 12.8 Å². The predicted octanol–water partition coefficient (Wildman–Crippen LogP) is -1.63. The number of hydrogen-bond donors (Lipinski definition) is 4. The van der Waals surface area contributed by atoms with Gasteiger partial charge in [0, 0.05) is 55.8 Å². The van der Waals surface area contributed by atoms with Crippen LogP contribution in [0.2, 0.25) is 0 Å². The van der Waals surface area contributed by atoms with Crippen molar-refractivity contribution in [3.05, 3.63) is 0 Å². The van der Waals surface area contributed by atoms with E-state index in [2.05, 4.69) is 0 Å². The van der Waals surface area contributed by atoms with Crippen molar-refractivity contribution >= 4 is 47.5 Å². The molecule has 0 aliphatic heterocycles. The average Bonchev–Trinajstić information content (AvgIpc) is 1.82. The maximum atomic E-state index is 10.3. The van der Waals surface area contributed by atoms with Crippen molar-refractivity contribution in [2.24, 2.45) is 0 Å². The van der Waals surface area contributed by atoms with E-state index >= 15 is 0 Å². The van der Waals surface area contributed by atoms with Gasteiger partial charge in [-0.25, -0.2) is 4.79 Å². The molecule has 0 aromatic carbocycles. The van der Waals surface area contributed by atoms with Crippen molar-refractivity contribution in [2.75, 3.05) is 0 Å². The van der Waals surface area contributed by atoms with E-state index < -0.39 is 36.4 Å². The third kappa shape index (κ3) is 8.10. The van der Waals surface area contributed by atoms with E-state index in [1.54, 1.807) is 0 Å². The van der Waals surface area contributed by atoms with Crippen molar-refractivity contribution in [3.8, 4) is 0 Å². The Kier molecular flexibility index (Phi) is 11.6. The van der Waals surface area contributed by atoms with Crippen LogP contribution in [0.4, 0.5) is 0 Å². The molecule has 0 aromatic rings. The first-order chi connectivity index (χ1) is 5.78. The van der Waals surface area contributed by atoms with Crippen molar-refractivity contribution in [1.82, 2.24) is 0 Å². The second-order valence-electron chi connectivity index (χ2n) is 2.48. The van der Waals surface area contributed by atoms with Gasteiger partial charge in [0.05, 0.1) is 12.8 Å². The monoisotopic (exact) mass is 305 g/mol. The van der Waals surface area contributed by atoms with E-state index in [1.807, 2.05) is 0 Å². The molecule has 0 amide bonds. The molecule has 0 aliphatic rings. The maximum Gasteiger partial charge on any atom is 0.336 e. The number of carboxylic acids is 3. The first-order valence-electron chi connectivity index (χ1n) is 3.17. The molecular formula is C6H8NaO7Zr. The fourth-order valence-corrected chi connectivity index (χ4v) is 0.714. The van der Waals surface area contributed by atoms with E-state index in [9.17, 15) is 14.4 Å². The van der Waals surface area contributed by atoms with Crippen molar-refractivity contribution in [2.45, 2.75) is 18.4 Å². The molecule has 0 unspecified atom stereocenters. The summed E-state index contributed by atoms with van der Waals surface area (Å²) in [6, 6.07) is 0. The number of aliphatic carboxylic acids is 3. The summed E-state index contributed by atoms with van der Waals surface area (Å²) >= 11 is 0. The number of carbonyl (C=O) groups is 3. The van der Waals surface area contributed by atoms with Gasteiger partial charge in [-0.3, -0.25) is 9.59 Å². The molecule has 0 saturated heterocycles.